The molecule has 3 heteroatoms. The average molecular weight is 89.1 g/mol. The van der Waals surface area contributed by atoms with Crippen molar-refractivity contribution in [2.75, 3.05) is 6.73 Å². The molecule has 0 fully saturated rings. The zero-order chi connectivity index (χ0) is 3.54. The quantitative estimate of drug-likeness (QED) is 0.406. The fourth-order valence-electron chi connectivity index (χ4n) is 0.152. The standard InChI is InChI=1S/C2H3NOS/c1-3-2-5-4-1/h2H,1H2. The molecule has 28 valence electrons. The maximum atomic E-state index is 4.64. The van der Waals surface area contributed by atoms with Crippen LogP contribution in [0.1, 0.15) is 0 Å². The summed E-state index contributed by atoms with van der Waals surface area (Å²) in [5.41, 5.74) is 1.68. The third-order valence-electron chi connectivity index (χ3n) is 0.313. The first-order valence-electron chi connectivity index (χ1n) is 1.27. The second-order valence-corrected chi connectivity index (χ2v) is 1.27. The van der Waals surface area contributed by atoms with Gasteiger partial charge in [-0.3, -0.25) is 9.18 Å². The summed E-state index contributed by atoms with van der Waals surface area (Å²) >= 11 is 1.28. The monoisotopic (exact) mass is 89.0 g/mol. The van der Waals surface area contributed by atoms with Gasteiger partial charge in [0.25, 0.3) is 0 Å². The second-order valence-electron chi connectivity index (χ2n) is 0.631. The molecule has 0 aromatic heterocycles. The van der Waals surface area contributed by atoms with Crippen LogP contribution in [-0.4, -0.2) is 12.3 Å². The second kappa shape index (κ2) is 1.43. The van der Waals surface area contributed by atoms with Gasteiger partial charge in [0.15, 0.2) is 6.73 Å². The van der Waals surface area contributed by atoms with Gasteiger partial charge in [-0.15, -0.1) is 0 Å². The maximum absolute atomic E-state index is 4.64. The Balaban J connectivity index is 2.32. The third-order valence-corrected chi connectivity index (χ3v) is 0.789. The molecule has 1 aliphatic rings. The fraction of sp³-hybridized carbons (Fsp3) is 0.500. The highest BCUT2D eigenvalue weighted by Crippen LogP contribution is 2.02. The van der Waals surface area contributed by atoms with Gasteiger partial charge in [-0.1, -0.05) is 0 Å². The first kappa shape index (κ1) is 3.18. The molecular formula is C2H3NOS. The zero-order valence-corrected chi connectivity index (χ0v) is 3.36. The van der Waals surface area contributed by atoms with Gasteiger partial charge in [-0.05, 0) is 0 Å². The number of nitrogens with zero attached hydrogens (tertiary/aromatic N) is 1. The van der Waals surface area contributed by atoms with Gasteiger partial charge in [0.05, 0.1) is 5.55 Å². The van der Waals surface area contributed by atoms with Crippen molar-refractivity contribution in [3.8, 4) is 0 Å². The summed E-state index contributed by atoms with van der Waals surface area (Å²) in [6, 6.07) is 0. The minimum atomic E-state index is 0.532. The van der Waals surface area contributed by atoms with E-state index in [0.717, 1.165) is 0 Å². The molecule has 0 radical (unpaired) electrons. The Kier molecular flexibility index (Phi) is 0.907. The molecule has 0 N–H and O–H groups in total. The van der Waals surface area contributed by atoms with E-state index in [2.05, 4.69) is 9.18 Å². The Bertz CT molecular complexity index is 47.6. The number of rotatable bonds is 0. The lowest BCUT2D eigenvalue weighted by molar-refractivity contribution is 0.406. The Morgan fingerprint density at radius 2 is 3.00 bits per heavy atom. The van der Waals surface area contributed by atoms with E-state index in [4.69, 9.17) is 0 Å². The van der Waals surface area contributed by atoms with Gasteiger partial charge in [0.2, 0.25) is 0 Å². The zero-order valence-electron chi connectivity index (χ0n) is 2.55. The maximum Gasteiger partial charge on any atom is 0.152 e. The summed E-state index contributed by atoms with van der Waals surface area (Å²) < 4.78 is 4.64. The first-order valence-corrected chi connectivity index (χ1v) is 2.07. The van der Waals surface area contributed by atoms with E-state index in [9.17, 15) is 0 Å². The molecule has 1 rings (SSSR count). The van der Waals surface area contributed by atoms with Crippen molar-refractivity contribution in [1.82, 2.24) is 0 Å². The minimum absolute atomic E-state index is 0.532. The van der Waals surface area contributed by atoms with Gasteiger partial charge in [-0.25, -0.2) is 0 Å². The molecule has 0 aromatic carbocycles. The Morgan fingerprint density at radius 3 is 3.20 bits per heavy atom. The molecule has 0 unspecified atom stereocenters. The van der Waals surface area contributed by atoms with Crippen molar-refractivity contribution in [2.24, 2.45) is 4.99 Å². The van der Waals surface area contributed by atoms with Crippen LogP contribution in [-0.2, 0) is 4.18 Å². The highest BCUT2D eigenvalue weighted by atomic mass is 32.2. The molecule has 0 saturated carbocycles. The predicted molar refractivity (Wildman–Crippen MR) is 22.0 cm³/mol. The van der Waals surface area contributed by atoms with Crippen LogP contribution in [0.3, 0.4) is 0 Å². The molecule has 0 aromatic rings. The van der Waals surface area contributed by atoms with Gasteiger partial charge < -0.3 is 0 Å². The van der Waals surface area contributed by atoms with E-state index in [-0.39, 0.29) is 0 Å². The molecule has 0 spiro atoms. The van der Waals surface area contributed by atoms with Crippen molar-refractivity contribution >= 4 is 17.6 Å². The fourth-order valence-corrected chi connectivity index (χ4v) is 0.456. The summed E-state index contributed by atoms with van der Waals surface area (Å²) in [7, 11) is 0. The van der Waals surface area contributed by atoms with Crippen LogP contribution in [0.25, 0.3) is 0 Å². The van der Waals surface area contributed by atoms with Gasteiger partial charge in [-0.2, -0.15) is 0 Å². The Labute approximate surface area is 34.4 Å². The molecule has 1 heterocycles. The first-order chi connectivity index (χ1) is 2.50. The van der Waals surface area contributed by atoms with E-state index >= 15 is 0 Å². The number of aliphatic imine (C=N–C) groups is 1. The van der Waals surface area contributed by atoms with Crippen molar-refractivity contribution in [3.05, 3.63) is 0 Å². The molecule has 5 heavy (non-hydrogen) atoms. The van der Waals surface area contributed by atoms with Crippen LogP contribution < -0.4 is 0 Å². The Morgan fingerprint density at radius 1 is 2.00 bits per heavy atom. The van der Waals surface area contributed by atoms with Gasteiger partial charge in [0, 0.05) is 12.0 Å². The summed E-state index contributed by atoms with van der Waals surface area (Å²) in [4.78, 5) is 3.70. The lowest BCUT2D eigenvalue weighted by Crippen LogP contribution is -1.64. The van der Waals surface area contributed by atoms with Crippen molar-refractivity contribution < 1.29 is 4.18 Å². The molecular weight excluding hydrogens is 86.1 g/mol. The van der Waals surface area contributed by atoms with Crippen LogP contribution in [0, 0.1) is 0 Å². The van der Waals surface area contributed by atoms with Crippen LogP contribution in [0.15, 0.2) is 4.99 Å². The summed E-state index contributed by atoms with van der Waals surface area (Å²) in [6.07, 6.45) is 0. The van der Waals surface area contributed by atoms with Crippen LogP contribution in [0.4, 0.5) is 0 Å². The smallest absolute Gasteiger partial charge is 0.152 e. The van der Waals surface area contributed by atoms with Gasteiger partial charge in [0.1, 0.15) is 0 Å². The summed E-state index contributed by atoms with van der Waals surface area (Å²) in [5.74, 6) is 0. The van der Waals surface area contributed by atoms with Crippen LogP contribution in [0.5, 0.6) is 0 Å². The molecule has 0 atom stereocenters. The highest BCUT2D eigenvalue weighted by Gasteiger charge is 1.85. The van der Waals surface area contributed by atoms with Crippen molar-refractivity contribution in [2.45, 2.75) is 0 Å². The molecule has 0 amide bonds. The Hall–Kier alpha value is -0.0200. The van der Waals surface area contributed by atoms with Crippen molar-refractivity contribution in [1.29, 1.82) is 0 Å². The van der Waals surface area contributed by atoms with Gasteiger partial charge >= 0.3 is 0 Å². The topological polar surface area (TPSA) is 21.6 Å². The number of hydrogen-bond donors (Lipinski definition) is 0. The molecule has 0 saturated heterocycles. The molecule has 0 aliphatic carbocycles. The normalized spacial score (nSPS) is 20.8. The van der Waals surface area contributed by atoms with Crippen molar-refractivity contribution in [3.63, 3.8) is 0 Å². The van der Waals surface area contributed by atoms with Crippen LogP contribution in [0.2, 0.25) is 0 Å². The van der Waals surface area contributed by atoms with E-state index in [1.807, 2.05) is 0 Å². The molecule has 2 nitrogen and oxygen atoms in total. The number of hydrogen-bond acceptors (Lipinski definition) is 3. The largest absolute Gasteiger partial charge is 0.286 e. The van der Waals surface area contributed by atoms with E-state index < -0.39 is 0 Å². The molecule has 1 aliphatic heterocycles. The van der Waals surface area contributed by atoms with E-state index in [1.54, 1.807) is 5.55 Å². The summed E-state index contributed by atoms with van der Waals surface area (Å²) in [5, 5.41) is 0. The van der Waals surface area contributed by atoms with Crippen LogP contribution >= 0.6 is 12.0 Å². The summed E-state index contributed by atoms with van der Waals surface area (Å²) in [6.45, 7) is 0.532. The lowest BCUT2D eigenvalue weighted by atomic mass is 11.3. The van der Waals surface area contributed by atoms with E-state index in [1.165, 1.54) is 12.0 Å². The third kappa shape index (κ3) is 0.629. The predicted octanol–water partition coefficient (Wildman–Crippen LogP) is 0.651. The molecule has 0 bridgehead atoms. The highest BCUT2D eigenvalue weighted by molar-refractivity contribution is 8.08. The van der Waals surface area contributed by atoms with E-state index in [0.29, 0.717) is 6.73 Å². The lowest BCUT2D eigenvalue weighted by Gasteiger charge is -1.72. The SMILES string of the molecule is C1=NCOS1. The minimum Gasteiger partial charge on any atom is -0.286 e. The average Bonchev–Trinajstić information content (AvgIpc) is 1.76.